The Labute approximate surface area is 86.8 Å². The first-order valence-corrected chi connectivity index (χ1v) is 4.28. The molecule has 1 N–H and O–H groups in total. The molecule has 70 valence electrons. The monoisotopic (exact) mass is 206 g/mol. The molecular formula is C11H7ClO2. The van der Waals surface area contributed by atoms with Gasteiger partial charge in [-0.15, -0.1) is 0 Å². The molecule has 1 aromatic rings. The summed E-state index contributed by atoms with van der Waals surface area (Å²) in [6.45, 7) is 0. The van der Waals surface area contributed by atoms with Gasteiger partial charge in [-0.1, -0.05) is 23.4 Å². The van der Waals surface area contributed by atoms with Crippen molar-refractivity contribution in [2.24, 2.45) is 0 Å². The lowest BCUT2D eigenvalue weighted by atomic mass is 10.1. The van der Waals surface area contributed by atoms with Gasteiger partial charge in [-0.25, -0.2) is 4.79 Å². The second kappa shape index (κ2) is 5.11. The molecule has 2 nitrogen and oxygen atoms in total. The SMILES string of the molecule is O=C(O)c1ccc(C#C/C=C/Cl)cc1. The first-order chi connectivity index (χ1) is 6.74. The summed E-state index contributed by atoms with van der Waals surface area (Å²) in [6.07, 6.45) is 1.51. The number of benzene rings is 1. The third kappa shape index (κ3) is 2.96. The molecule has 0 saturated carbocycles. The van der Waals surface area contributed by atoms with E-state index >= 15 is 0 Å². The van der Waals surface area contributed by atoms with Crippen LogP contribution in [-0.2, 0) is 0 Å². The summed E-state index contributed by atoms with van der Waals surface area (Å²) in [6, 6.07) is 6.32. The van der Waals surface area contributed by atoms with Gasteiger partial charge in [0.1, 0.15) is 0 Å². The molecule has 0 unspecified atom stereocenters. The van der Waals surface area contributed by atoms with Crippen LogP contribution >= 0.6 is 11.6 Å². The number of carboxylic acids is 1. The fourth-order valence-corrected chi connectivity index (χ4v) is 0.916. The first-order valence-electron chi connectivity index (χ1n) is 3.84. The highest BCUT2D eigenvalue weighted by Gasteiger charge is 1.99. The topological polar surface area (TPSA) is 37.3 Å². The van der Waals surface area contributed by atoms with Crippen molar-refractivity contribution in [2.75, 3.05) is 0 Å². The Balaban J connectivity index is 2.85. The van der Waals surface area contributed by atoms with E-state index in [4.69, 9.17) is 16.7 Å². The second-order valence-corrected chi connectivity index (χ2v) is 2.70. The van der Waals surface area contributed by atoms with E-state index in [1.807, 2.05) is 0 Å². The van der Waals surface area contributed by atoms with Crippen LogP contribution in [0.5, 0.6) is 0 Å². The maximum Gasteiger partial charge on any atom is 0.335 e. The van der Waals surface area contributed by atoms with Gasteiger partial charge >= 0.3 is 5.97 Å². The normalized spacial score (nSPS) is 9.50. The molecule has 0 aliphatic heterocycles. The molecule has 0 fully saturated rings. The fourth-order valence-electron chi connectivity index (χ4n) is 0.853. The van der Waals surface area contributed by atoms with Gasteiger partial charge in [0.05, 0.1) is 5.56 Å². The molecule has 0 saturated heterocycles. The van der Waals surface area contributed by atoms with Crippen LogP contribution in [0.15, 0.2) is 35.9 Å². The molecule has 0 aromatic heterocycles. The van der Waals surface area contributed by atoms with E-state index in [-0.39, 0.29) is 5.56 Å². The maximum absolute atomic E-state index is 10.5. The van der Waals surface area contributed by atoms with Crippen molar-refractivity contribution in [3.8, 4) is 11.8 Å². The van der Waals surface area contributed by atoms with Gasteiger partial charge in [-0.3, -0.25) is 0 Å². The number of allylic oxidation sites excluding steroid dienone is 1. The molecule has 0 bridgehead atoms. The Morgan fingerprint density at radius 3 is 2.50 bits per heavy atom. The van der Waals surface area contributed by atoms with Gasteiger partial charge in [0.2, 0.25) is 0 Å². The number of rotatable bonds is 1. The number of aromatic carboxylic acids is 1. The third-order valence-corrected chi connectivity index (χ3v) is 1.62. The summed E-state index contributed by atoms with van der Waals surface area (Å²) in [5, 5.41) is 8.63. The van der Waals surface area contributed by atoms with Gasteiger partial charge in [0.25, 0.3) is 0 Å². The lowest BCUT2D eigenvalue weighted by Crippen LogP contribution is -1.94. The van der Waals surface area contributed by atoms with Crippen molar-refractivity contribution >= 4 is 17.6 Å². The van der Waals surface area contributed by atoms with Crippen LogP contribution in [0.25, 0.3) is 0 Å². The van der Waals surface area contributed by atoms with Crippen LogP contribution in [0.3, 0.4) is 0 Å². The Kier molecular flexibility index (Phi) is 3.78. The molecule has 0 aliphatic rings. The molecule has 0 spiro atoms. The van der Waals surface area contributed by atoms with E-state index in [1.165, 1.54) is 23.7 Å². The van der Waals surface area contributed by atoms with Crippen LogP contribution in [0.4, 0.5) is 0 Å². The van der Waals surface area contributed by atoms with Crippen LogP contribution in [-0.4, -0.2) is 11.1 Å². The van der Waals surface area contributed by atoms with Crippen molar-refractivity contribution in [3.63, 3.8) is 0 Å². The fraction of sp³-hybridized carbons (Fsp3) is 0. The van der Waals surface area contributed by atoms with Crippen LogP contribution in [0.1, 0.15) is 15.9 Å². The summed E-state index contributed by atoms with van der Waals surface area (Å²) in [4.78, 5) is 10.5. The zero-order valence-corrected chi connectivity index (χ0v) is 7.95. The molecular weight excluding hydrogens is 200 g/mol. The second-order valence-electron chi connectivity index (χ2n) is 2.44. The van der Waals surface area contributed by atoms with E-state index < -0.39 is 5.97 Å². The van der Waals surface area contributed by atoms with Crippen molar-refractivity contribution < 1.29 is 9.90 Å². The Bertz CT molecular complexity index is 407. The molecule has 0 heterocycles. The summed E-state index contributed by atoms with van der Waals surface area (Å²) in [7, 11) is 0. The molecule has 0 amide bonds. The number of hydrogen-bond donors (Lipinski definition) is 1. The van der Waals surface area contributed by atoms with Gasteiger partial charge in [0.15, 0.2) is 0 Å². The van der Waals surface area contributed by atoms with E-state index in [2.05, 4.69) is 11.8 Å². The van der Waals surface area contributed by atoms with Crippen molar-refractivity contribution in [2.45, 2.75) is 0 Å². The predicted octanol–water partition coefficient (Wildman–Crippen LogP) is 2.49. The number of hydrogen-bond acceptors (Lipinski definition) is 1. The van der Waals surface area contributed by atoms with Crippen molar-refractivity contribution in [3.05, 3.63) is 47.0 Å². The van der Waals surface area contributed by atoms with E-state index in [1.54, 1.807) is 12.1 Å². The highest BCUT2D eigenvalue weighted by atomic mass is 35.5. The van der Waals surface area contributed by atoms with E-state index in [9.17, 15) is 4.79 Å². The molecule has 0 aliphatic carbocycles. The maximum atomic E-state index is 10.5. The molecule has 0 atom stereocenters. The van der Waals surface area contributed by atoms with Crippen molar-refractivity contribution in [1.82, 2.24) is 0 Å². The van der Waals surface area contributed by atoms with Crippen LogP contribution in [0, 0.1) is 11.8 Å². The Morgan fingerprint density at radius 1 is 1.36 bits per heavy atom. The minimum absolute atomic E-state index is 0.253. The quantitative estimate of drug-likeness (QED) is 0.717. The summed E-state index contributed by atoms with van der Waals surface area (Å²) >= 11 is 5.27. The minimum atomic E-state index is -0.940. The van der Waals surface area contributed by atoms with Gasteiger partial charge in [0, 0.05) is 11.1 Å². The van der Waals surface area contributed by atoms with Crippen molar-refractivity contribution in [1.29, 1.82) is 0 Å². The highest BCUT2D eigenvalue weighted by molar-refractivity contribution is 6.25. The summed E-state index contributed by atoms with van der Waals surface area (Å²) in [5.41, 5.74) is 2.33. The van der Waals surface area contributed by atoms with E-state index in [0.29, 0.717) is 0 Å². The zero-order chi connectivity index (χ0) is 10.4. The number of carboxylic acid groups (broad SMARTS) is 1. The minimum Gasteiger partial charge on any atom is -0.478 e. The highest BCUT2D eigenvalue weighted by Crippen LogP contribution is 2.02. The lowest BCUT2D eigenvalue weighted by Gasteiger charge is -1.92. The number of carbonyl (C=O) groups is 1. The number of halogens is 1. The third-order valence-electron chi connectivity index (χ3n) is 1.49. The van der Waals surface area contributed by atoms with Crippen LogP contribution in [0.2, 0.25) is 0 Å². The average molecular weight is 207 g/mol. The molecule has 0 radical (unpaired) electrons. The van der Waals surface area contributed by atoms with Crippen LogP contribution < -0.4 is 0 Å². The smallest absolute Gasteiger partial charge is 0.335 e. The van der Waals surface area contributed by atoms with Gasteiger partial charge in [-0.05, 0) is 30.3 Å². The molecule has 14 heavy (non-hydrogen) atoms. The average Bonchev–Trinajstić information content (AvgIpc) is 2.19. The van der Waals surface area contributed by atoms with Gasteiger partial charge in [-0.2, -0.15) is 0 Å². The summed E-state index contributed by atoms with van der Waals surface area (Å²) in [5.74, 6) is 4.55. The molecule has 1 rings (SSSR count). The molecule has 1 aromatic carbocycles. The van der Waals surface area contributed by atoms with Gasteiger partial charge < -0.3 is 5.11 Å². The first kappa shape index (κ1) is 10.4. The van der Waals surface area contributed by atoms with E-state index in [0.717, 1.165) is 5.56 Å². The predicted molar refractivity (Wildman–Crippen MR) is 55.3 cm³/mol. The largest absolute Gasteiger partial charge is 0.478 e. The Morgan fingerprint density at radius 2 is 2.00 bits per heavy atom. The standard InChI is InChI=1S/C11H7ClO2/c12-8-2-1-3-9-4-6-10(7-5-9)11(13)14/h2,4-8H,(H,13,14)/b8-2+. The Hall–Kier alpha value is -1.72. The zero-order valence-electron chi connectivity index (χ0n) is 7.20. The lowest BCUT2D eigenvalue weighted by molar-refractivity contribution is 0.0697. The summed E-state index contributed by atoms with van der Waals surface area (Å²) < 4.78 is 0. The molecule has 3 heteroatoms.